The van der Waals surface area contributed by atoms with Gasteiger partial charge < -0.3 is 9.52 Å². The molecule has 3 heteroatoms. The molecule has 0 spiro atoms. The molecule has 0 saturated heterocycles. The first-order chi connectivity index (χ1) is 4.83. The van der Waals surface area contributed by atoms with E-state index in [1.54, 1.807) is 6.26 Å². The molecule has 1 N–H and O–H groups in total. The van der Waals surface area contributed by atoms with Crippen LogP contribution in [0.4, 0.5) is 0 Å². The number of aromatic nitrogens is 1. The average Bonchev–Trinajstić information content (AvgIpc) is 2.31. The van der Waals surface area contributed by atoms with Crippen LogP contribution in [-0.4, -0.2) is 16.7 Å². The lowest BCUT2D eigenvalue weighted by Crippen LogP contribution is -1.88. The van der Waals surface area contributed by atoms with Gasteiger partial charge in [0.05, 0.1) is 5.69 Å². The van der Waals surface area contributed by atoms with E-state index >= 15 is 0 Å². The molecule has 0 aromatic carbocycles. The van der Waals surface area contributed by atoms with Gasteiger partial charge in [-0.2, -0.15) is 0 Å². The van der Waals surface area contributed by atoms with Crippen LogP contribution in [0.3, 0.4) is 0 Å². The van der Waals surface area contributed by atoms with Gasteiger partial charge in [0.15, 0.2) is 5.89 Å². The fourth-order valence-corrected chi connectivity index (χ4v) is 0.748. The zero-order chi connectivity index (χ0) is 7.40. The monoisotopic (exact) mass is 141 g/mol. The summed E-state index contributed by atoms with van der Waals surface area (Å²) in [4.78, 5) is 4.07. The summed E-state index contributed by atoms with van der Waals surface area (Å²) in [5, 5.41) is 8.46. The van der Waals surface area contributed by atoms with Crippen molar-refractivity contribution in [1.29, 1.82) is 0 Å². The molecule has 10 heavy (non-hydrogen) atoms. The molecule has 0 radical (unpaired) electrons. The molecule has 1 aromatic rings. The van der Waals surface area contributed by atoms with Gasteiger partial charge in [0, 0.05) is 13.0 Å². The zero-order valence-corrected chi connectivity index (χ0v) is 6.00. The van der Waals surface area contributed by atoms with Gasteiger partial charge in [-0.3, -0.25) is 0 Å². The average molecular weight is 141 g/mol. The number of hydrogen-bond donors (Lipinski definition) is 1. The van der Waals surface area contributed by atoms with Gasteiger partial charge >= 0.3 is 0 Å². The maximum Gasteiger partial charge on any atom is 0.194 e. The maximum absolute atomic E-state index is 8.46. The summed E-state index contributed by atoms with van der Waals surface area (Å²) in [6.07, 6.45) is 3.07. The van der Waals surface area contributed by atoms with Crippen molar-refractivity contribution in [3.05, 3.63) is 17.8 Å². The number of aryl methyl sites for hydroxylation is 2. The number of rotatable bonds is 3. The second-order valence-electron chi connectivity index (χ2n) is 2.21. The highest BCUT2D eigenvalue weighted by molar-refractivity contribution is 4.92. The fraction of sp³-hybridized carbons (Fsp3) is 0.571. The van der Waals surface area contributed by atoms with Gasteiger partial charge in [0.2, 0.25) is 0 Å². The first kappa shape index (κ1) is 7.28. The Balaban J connectivity index is 2.42. The van der Waals surface area contributed by atoms with Crippen molar-refractivity contribution >= 4 is 0 Å². The molecule has 1 rings (SSSR count). The summed E-state index contributed by atoms with van der Waals surface area (Å²) in [7, 11) is 0. The SMILES string of the molecule is Cc1coc(CCCO)n1. The van der Waals surface area contributed by atoms with Gasteiger partial charge in [-0.15, -0.1) is 0 Å². The Morgan fingerprint density at radius 2 is 2.50 bits per heavy atom. The van der Waals surface area contributed by atoms with Crippen LogP contribution in [-0.2, 0) is 6.42 Å². The smallest absolute Gasteiger partial charge is 0.194 e. The van der Waals surface area contributed by atoms with Crippen molar-refractivity contribution in [1.82, 2.24) is 4.98 Å². The van der Waals surface area contributed by atoms with Gasteiger partial charge in [0.1, 0.15) is 6.26 Å². The Kier molecular flexibility index (Phi) is 2.45. The quantitative estimate of drug-likeness (QED) is 0.680. The third-order valence-electron chi connectivity index (χ3n) is 1.22. The number of aliphatic hydroxyl groups excluding tert-OH is 1. The van der Waals surface area contributed by atoms with Crippen molar-refractivity contribution in [3.63, 3.8) is 0 Å². The van der Waals surface area contributed by atoms with Crippen LogP contribution in [0.1, 0.15) is 18.0 Å². The Morgan fingerprint density at radius 1 is 1.70 bits per heavy atom. The molecule has 0 unspecified atom stereocenters. The number of oxazole rings is 1. The van der Waals surface area contributed by atoms with Crippen molar-refractivity contribution in [3.8, 4) is 0 Å². The van der Waals surface area contributed by atoms with E-state index in [-0.39, 0.29) is 6.61 Å². The fourth-order valence-electron chi connectivity index (χ4n) is 0.748. The number of aliphatic hydroxyl groups is 1. The molecular weight excluding hydrogens is 130 g/mol. The van der Waals surface area contributed by atoms with Crippen LogP contribution in [0, 0.1) is 6.92 Å². The summed E-state index contributed by atoms with van der Waals surface area (Å²) in [5.74, 6) is 0.714. The Bertz CT molecular complexity index is 195. The van der Waals surface area contributed by atoms with Crippen LogP contribution in [0.2, 0.25) is 0 Å². The lowest BCUT2D eigenvalue weighted by molar-refractivity contribution is 0.283. The molecule has 56 valence electrons. The van der Waals surface area contributed by atoms with Gasteiger partial charge in [-0.1, -0.05) is 0 Å². The molecule has 0 bridgehead atoms. The molecule has 3 nitrogen and oxygen atoms in total. The molecule has 0 amide bonds. The number of nitrogens with zero attached hydrogens (tertiary/aromatic N) is 1. The van der Waals surface area contributed by atoms with Crippen molar-refractivity contribution < 1.29 is 9.52 Å². The second-order valence-corrected chi connectivity index (χ2v) is 2.21. The summed E-state index contributed by atoms with van der Waals surface area (Å²) in [6.45, 7) is 2.08. The molecular formula is C7H11NO2. The second kappa shape index (κ2) is 3.37. The Labute approximate surface area is 59.7 Å². The first-order valence-corrected chi connectivity index (χ1v) is 3.35. The third-order valence-corrected chi connectivity index (χ3v) is 1.22. The lowest BCUT2D eigenvalue weighted by Gasteiger charge is -1.88. The van der Waals surface area contributed by atoms with Crippen molar-refractivity contribution in [2.24, 2.45) is 0 Å². The lowest BCUT2D eigenvalue weighted by atomic mass is 10.3. The van der Waals surface area contributed by atoms with Crippen LogP contribution in [0.15, 0.2) is 10.7 Å². The summed E-state index contributed by atoms with van der Waals surface area (Å²) < 4.78 is 5.04. The predicted molar refractivity (Wildman–Crippen MR) is 36.6 cm³/mol. The zero-order valence-electron chi connectivity index (χ0n) is 6.00. The summed E-state index contributed by atoms with van der Waals surface area (Å²) >= 11 is 0. The molecule has 0 aliphatic heterocycles. The highest BCUT2D eigenvalue weighted by atomic mass is 16.3. The van der Waals surface area contributed by atoms with Gasteiger partial charge in [0.25, 0.3) is 0 Å². The van der Waals surface area contributed by atoms with E-state index in [1.807, 2.05) is 6.92 Å². The maximum atomic E-state index is 8.46. The number of hydrogen-bond acceptors (Lipinski definition) is 3. The summed E-state index contributed by atoms with van der Waals surface area (Å²) in [5.41, 5.74) is 0.896. The van der Waals surface area contributed by atoms with E-state index in [0.717, 1.165) is 18.5 Å². The molecule has 0 aliphatic rings. The predicted octanol–water partition coefficient (Wildman–Crippen LogP) is 0.908. The van der Waals surface area contributed by atoms with Crippen LogP contribution < -0.4 is 0 Å². The highest BCUT2D eigenvalue weighted by Crippen LogP contribution is 2.02. The minimum atomic E-state index is 0.196. The van der Waals surface area contributed by atoms with E-state index in [1.165, 1.54) is 0 Å². The molecule has 1 aromatic heterocycles. The van der Waals surface area contributed by atoms with Crippen LogP contribution in [0.25, 0.3) is 0 Å². The topological polar surface area (TPSA) is 46.3 Å². The van der Waals surface area contributed by atoms with Crippen LogP contribution in [0.5, 0.6) is 0 Å². The van der Waals surface area contributed by atoms with E-state index in [0.29, 0.717) is 5.89 Å². The van der Waals surface area contributed by atoms with E-state index in [2.05, 4.69) is 4.98 Å². The Hall–Kier alpha value is -0.830. The molecule has 1 heterocycles. The third kappa shape index (κ3) is 1.84. The molecule has 0 atom stereocenters. The molecule has 0 saturated carbocycles. The largest absolute Gasteiger partial charge is 0.449 e. The van der Waals surface area contributed by atoms with Gasteiger partial charge in [-0.25, -0.2) is 4.98 Å². The summed E-state index contributed by atoms with van der Waals surface area (Å²) in [6, 6.07) is 0. The van der Waals surface area contributed by atoms with Gasteiger partial charge in [-0.05, 0) is 13.3 Å². The standard InChI is InChI=1S/C7H11NO2/c1-6-5-10-7(8-6)3-2-4-9/h5,9H,2-4H2,1H3. The van der Waals surface area contributed by atoms with E-state index in [4.69, 9.17) is 9.52 Å². The Morgan fingerprint density at radius 3 is 3.00 bits per heavy atom. The van der Waals surface area contributed by atoms with E-state index < -0.39 is 0 Å². The van der Waals surface area contributed by atoms with Crippen molar-refractivity contribution in [2.75, 3.05) is 6.61 Å². The first-order valence-electron chi connectivity index (χ1n) is 3.35. The van der Waals surface area contributed by atoms with Crippen LogP contribution >= 0.6 is 0 Å². The minimum absolute atomic E-state index is 0.196. The highest BCUT2D eigenvalue weighted by Gasteiger charge is 1.97. The van der Waals surface area contributed by atoms with E-state index in [9.17, 15) is 0 Å². The normalized spacial score (nSPS) is 10.2. The van der Waals surface area contributed by atoms with Crippen molar-refractivity contribution in [2.45, 2.75) is 19.8 Å². The minimum Gasteiger partial charge on any atom is -0.449 e. The molecule has 0 aliphatic carbocycles. The molecule has 0 fully saturated rings.